The number of amides is 2. The summed E-state index contributed by atoms with van der Waals surface area (Å²) in [5.74, 6) is -1.86. The number of ether oxygens (including phenoxy) is 2. The van der Waals surface area contributed by atoms with Crippen LogP contribution in [0.1, 0.15) is 33.6 Å². The number of imide groups is 1. The third kappa shape index (κ3) is 4.25. The molecule has 0 radical (unpaired) electrons. The van der Waals surface area contributed by atoms with Crippen LogP contribution in [-0.4, -0.2) is 53.0 Å². The number of hydrogen-bond donors (Lipinski definition) is 0. The number of rotatable bonds is 10. The zero-order valence-corrected chi connectivity index (χ0v) is 17.7. The topological polar surface area (TPSA) is 94.9 Å². The molecule has 0 saturated carbocycles. The van der Waals surface area contributed by atoms with Crippen LogP contribution in [0.3, 0.4) is 0 Å². The first-order valence-electron chi connectivity index (χ1n) is 10.1. The lowest BCUT2D eigenvalue weighted by atomic mass is 10.0. The number of nitrogens with zero attached hydrogens (tertiary/aromatic N) is 2. The number of carbonyl (C=O) groups is 4. The Hall–Kier alpha value is -3.94. The molecule has 0 unspecified atom stereocenters. The van der Waals surface area contributed by atoms with Gasteiger partial charge in [0.2, 0.25) is 0 Å². The Morgan fingerprint density at radius 2 is 1.47 bits per heavy atom. The van der Waals surface area contributed by atoms with Gasteiger partial charge in [0, 0.05) is 34.0 Å². The average molecular weight is 436 g/mol. The summed E-state index contributed by atoms with van der Waals surface area (Å²) in [5, 5.41) is 2.59. The van der Waals surface area contributed by atoms with Crippen LogP contribution >= 0.6 is 0 Å². The van der Waals surface area contributed by atoms with E-state index in [4.69, 9.17) is 9.47 Å². The highest BCUT2D eigenvalue weighted by Crippen LogP contribution is 2.25. The average Bonchev–Trinajstić information content (AvgIpc) is 3.16. The van der Waals surface area contributed by atoms with E-state index >= 15 is 0 Å². The minimum atomic E-state index is -0.625. The molecular weight excluding hydrogens is 412 g/mol. The minimum Gasteiger partial charge on any atom is -0.464 e. The molecule has 32 heavy (non-hydrogen) atoms. The van der Waals surface area contributed by atoms with Crippen molar-refractivity contribution >= 4 is 47.7 Å². The second kappa shape index (κ2) is 9.47. The molecule has 8 nitrogen and oxygen atoms in total. The van der Waals surface area contributed by atoms with E-state index in [0.717, 1.165) is 11.0 Å². The molecule has 1 aliphatic rings. The van der Waals surface area contributed by atoms with Crippen molar-refractivity contribution in [2.24, 2.45) is 0 Å². The second-order valence-electron chi connectivity index (χ2n) is 7.17. The van der Waals surface area contributed by atoms with E-state index in [0.29, 0.717) is 34.4 Å². The first-order chi connectivity index (χ1) is 15.3. The van der Waals surface area contributed by atoms with Crippen molar-refractivity contribution in [3.05, 3.63) is 59.3 Å². The van der Waals surface area contributed by atoms with Crippen molar-refractivity contribution in [1.82, 2.24) is 9.47 Å². The summed E-state index contributed by atoms with van der Waals surface area (Å²) in [4.78, 5) is 49.4. The van der Waals surface area contributed by atoms with Gasteiger partial charge in [0.05, 0.1) is 24.2 Å². The van der Waals surface area contributed by atoms with Crippen LogP contribution in [-0.2, 0) is 25.6 Å². The van der Waals surface area contributed by atoms with Gasteiger partial charge in [-0.3, -0.25) is 19.3 Å². The van der Waals surface area contributed by atoms with Gasteiger partial charge in [-0.25, -0.2) is 4.79 Å². The van der Waals surface area contributed by atoms with Gasteiger partial charge in [0.15, 0.2) is 0 Å². The van der Waals surface area contributed by atoms with Gasteiger partial charge in [-0.05, 0) is 18.6 Å². The summed E-state index contributed by atoms with van der Waals surface area (Å²) in [6, 6.07) is 3.26. The van der Waals surface area contributed by atoms with E-state index in [1.54, 1.807) is 22.8 Å². The molecule has 1 aromatic carbocycles. The van der Waals surface area contributed by atoms with E-state index in [-0.39, 0.29) is 43.3 Å². The Balaban J connectivity index is 1.80. The lowest BCUT2D eigenvalue weighted by Crippen LogP contribution is -2.33. The van der Waals surface area contributed by atoms with Crippen molar-refractivity contribution in [1.29, 1.82) is 0 Å². The largest absolute Gasteiger partial charge is 0.464 e. The van der Waals surface area contributed by atoms with Crippen molar-refractivity contribution in [3.63, 3.8) is 0 Å². The maximum atomic E-state index is 12.8. The van der Waals surface area contributed by atoms with Gasteiger partial charge >= 0.3 is 11.9 Å². The molecule has 3 rings (SSSR count). The maximum absolute atomic E-state index is 12.8. The molecule has 0 saturated heterocycles. The third-order valence-electron chi connectivity index (χ3n) is 5.24. The summed E-state index contributed by atoms with van der Waals surface area (Å²) in [6.07, 6.45) is 3.48. The number of esters is 2. The van der Waals surface area contributed by atoms with E-state index < -0.39 is 17.8 Å². The van der Waals surface area contributed by atoms with Gasteiger partial charge in [-0.2, -0.15) is 0 Å². The van der Waals surface area contributed by atoms with Crippen LogP contribution in [0.15, 0.2) is 37.4 Å². The molecule has 1 aliphatic heterocycles. The Morgan fingerprint density at radius 1 is 0.906 bits per heavy atom. The van der Waals surface area contributed by atoms with Crippen LogP contribution in [0.5, 0.6) is 0 Å². The fourth-order valence-corrected chi connectivity index (χ4v) is 3.58. The minimum absolute atomic E-state index is 0.0537. The fourth-order valence-electron chi connectivity index (χ4n) is 3.58. The number of allylic oxidation sites excluding steroid dienone is 1. The molecule has 2 amide bonds. The van der Waals surface area contributed by atoms with E-state index in [1.807, 2.05) is 0 Å². The number of aromatic nitrogens is 1. The number of hydrogen-bond acceptors (Lipinski definition) is 6. The molecule has 0 bridgehead atoms. The highest BCUT2D eigenvalue weighted by Gasteiger charge is 2.36. The predicted molar refractivity (Wildman–Crippen MR) is 119 cm³/mol. The fraction of sp³-hybridized carbons (Fsp3) is 0.250. The normalized spacial score (nSPS) is 12.7. The van der Waals surface area contributed by atoms with Crippen molar-refractivity contribution in [2.75, 3.05) is 19.8 Å². The van der Waals surface area contributed by atoms with E-state index in [2.05, 4.69) is 26.3 Å². The molecular formula is C24H24N2O6. The van der Waals surface area contributed by atoms with Crippen molar-refractivity contribution < 1.29 is 28.7 Å². The maximum Gasteiger partial charge on any atom is 0.330 e. The third-order valence-corrected chi connectivity index (χ3v) is 5.24. The first-order valence-corrected chi connectivity index (χ1v) is 10.1. The summed E-state index contributed by atoms with van der Waals surface area (Å²) in [6.45, 7) is 15.3. The summed E-state index contributed by atoms with van der Waals surface area (Å²) < 4.78 is 11.9. The lowest BCUT2D eigenvalue weighted by Gasteiger charge is -2.13. The Bertz CT molecular complexity index is 1170. The quantitative estimate of drug-likeness (QED) is 0.241. The van der Waals surface area contributed by atoms with Gasteiger partial charge in [-0.1, -0.05) is 25.8 Å². The number of fused-ring (bicyclic) bond motifs is 2. The van der Waals surface area contributed by atoms with Crippen LogP contribution in [0.2, 0.25) is 0 Å². The zero-order valence-electron chi connectivity index (χ0n) is 17.7. The van der Waals surface area contributed by atoms with Gasteiger partial charge in [-0.15, -0.1) is 6.58 Å². The molecule has 0 N–H and O–H groups in total. The monoisotopic (exact) mass is 436 g/mol. The summed E-state index contributed by atoms with van der Waals surface area (Å²) in [7, 11) is 0. The van der Waals surface area contributed by atoms with Crippen LogP contribution in [0.4, 0.5) is 0 Å². The molecule has 0 aliphatic carbocycles. The van der Waals surface area contributed by atoms with E-state index in [9.17, 15) is 19.2 Å². The second-order valence-corrected chi connectivity index (χ2v) is 7.17. The zero-order chi connectivity index (χ0) is 23.4. The Labute approximate surface area is 184 Å². The molecule has 2 aromatic rings. The number of benzene rings is 1. The SMILES string of the molecule is C=CCCC(=O)OCCn1c(=C)c2cc3c(cc2c1=C)C(=O)N(CCOC(=O)C=C)C3=O. The molecule has 8 heteroatoms. The molecule has 0 atom stereocenters. The highest BCUT2D eigenvalue weighted by molar-refractivity contribution is 6.23. The Morgan fingerprint density at radius 3 is 2.00 bits per heavy atom. The molecule has 0 spiro atoms. The molecule has 2 heterocycles. The van der Waals surface area contributed by atoms with Crippen molar-refractivity contribution in [3.8, 4) is 0 Å². The summed E-state index contributed by atoms with van der Waals surface area (Å²) >= 11 is 0. The molecule has 0 fully saturated rings. The Kier molecular flexibility index (Phi) is 6.73. The van der Waals surface area contributed by atoms with Crippen LogP contribution in [0.25, 0.3) is 23.9 Å². The molecule has 1 aromatic heterocycles. The number of carbonyl (C=O) groups excluding carboxylic acids is 4. The van der Waals surface area contributed by atoms with Crippen LogP contribution in [0, 0.1) is 0 Å². The molecule has 166 valence electrons. The predicted octanol–water partition coefficient (Wildman–Crippen LogP) is 1.30. The van der Waals surface area contributed by atoms with Gasteiger partial charge < -0.3 is 14.0 Å². The lowest BCUT2D eigenvalue weighted by molar-refractivity contribution is -0.143. The standard InChI is InChI=1S/C24H24N2O6/c1-5-7-8-22(28)32-11-9-25-15(3)17-13-19-20(14-18(17)16(25)4)24(30)26(23(19)29)10-12-31-21(27)6-2/h5-6,13-14H,1-4,7-12H2. The highest BCUT2D eigenvalue weighted by atomic mass is 16.5. The van der Waals surface area contributed by atoms with E-state index in [1.165, 1.54) is 0 Å². The smallest absolute Gasteiger partial charge is 0.330 e. The van der Waals surface area contributed by atoms with Gasteiger partial charge in [0.1, 0.15) is 13.2 Å². The van der Waals surface area contributed by atoms with Crippen molar-refractivity contribution in [2.45, 2.75) is 19.4 Å². The van der Waals surface area contributed by atoms with Crippen LogP contribution < -0.4 is 10.7 Å². The first kappa shape index (κ1) is 22.7. The summed E-state index contributed by atoms with van der Waals surface area (Å²) in [5.41, 5.74) is 0.519. The van der Waals surface area contributed by atoms with Gasteiger partial charge in [0.25, 0.3) is 11.8 Å².